The fourth-order valence-corrected chi connectivity index (χ4v) is 8.47. The maximum atomic E-state index is 14.8. The molecule has 0 spiro atoms. The molecule has 4 aliphatic rings. The highest BCUT2D eigenvalue weighted by Crippen LogP contribution is 2.65. The number of carbonyl (C=O) groups excluding carboxylic acids is 1. The number of rotatable bonds is 4. The summed E-state index contributed by atoms with van der Waals surface area (Å²) in [6, 6.07) is 27.5. The molecule has 194 valence electrons. The van der Waals surface area contributed by atoms with Crippen molar-refractivity contribution in [2.75, 3.05) is 0 Å². The van der Waals surface area contributed by atoms with E-state index in [1.165, 1.54) is 21.9 Å². The molecule has 0 amide bonds. The molecule has 0 heterocycles. The van der Waals surface area contributed by atoms with Crippen molar-refractivity contribution in [3.63, 3.8) is 0 Å². The van der Waals surface area contributed by atoms with Gasteiger partial charge in [-0.3, -0.25) is 4.79 Å². The van der Waals surface area contributed by atoms with Crippen LogP contribution in [0.5, 0.6) is 0 Å². The lowest BCUT2D eigenvalue weighted by Gasteiger charge is -2.62. The highest BCUT2D eigenvalue weighted by molar-refractivity contribution is 7.97. The van der Waals surface area contributed by atoms with Gasteiger partial charge in [0.15, 0.2) is 26.0 Å². The molecule has 4 aliphatic carbocycles. The number of hydrogen-bond donors (Lipinski definition) is 1. The quantitative estimate of drug-likeness (QED) is 0.231. The smallest absolute Gasteiger partial charge is 0.305 e. The molecule has 3 nitrogen and oxygen atoms in total. The number of benzene rings is 3. The van der Waals surface area contributed by atoms with E-state index in [1.807, 2.05) is 48.5 Å². The molecule has 3 aromatic carbocycles. The summed E-state index contributed by atoms with van der Waals surface area (Å²) in [7, 11) is -0.190. The zero-order valence-corrected chi connectivity index (χ0v) is 21.4. The Labute approximate surface area is 218 Å². The maximum absolute atomic E-state index is 14.8. The Bertz CT molecular complexity index is 1160. The topological polar surface area (TPSA) is 46.5 Å². The van der Waals surface area contributed by atoms with Crippen LogP contribution in [-0.2, 0) is 20.4 Å². The molecule has 7 rings (SSSR count). The first-order valence-corrected chi connectivity index (χ1v) is 13.7. The molecule has 0 aromatic heterocycles. The van der Waals surface area contributed by atoms with E-state index in [1.54, 1.807) is 0 Å². The number of hydrogen-bond acceptors (Lipinski definition) is 3. The first-order chi connectivity index (χ1) is 17.6. The molecular formula is C30H30F3O3S+. The summed E-state index contributed by atoms with van der Waals surface area (Å²) in [5, 5.41) is 10.3. The predicted molar refractivity (Wildman–Crippen MR) is 136 cm³/mol. The van der Waals surface area contributed by atoms with Crippen LogP contribution < -0.4 is 0 Å². The number of ether oxygens (including phenoxy) is 1. The summed E-state index contributed by atoms with van der Waals surface area (Å²) >= 11 is 0. The van der Waals surface area contributed by atoms with Crippen LogP contribution in [0.1, 0.15) is 39.0 Å². The molecule has 1 N–H and O–H groups in total. The number of aliphatic hydroxyl groups is 1. The molecule has 3 aromatic rings. The van der Waals surface area contributed by atoms with Gasteiger partial charge in [-0.05, 0) is 92.5 Å². The number of carbonyl (C=O) groups is 1. The van der Waals surface area contributed by atoms with Crippen LogP contribution in [0.15, 0.2) is 99.6 Å². The van der Waals surface area contributed by atoms with E-state index < -0.39 is 23.1 Å². The zero-order valence-electron chi connectivity index (χ0n) is 20.6. The van der Waals surface area contributed by atoms with Crippen LogP contribution in [0.4, 0.5) is 13.2 Å². The van der Waals surface area contributed by atoms with E-state index in [0.717, 1.165) is 18.2 Å². The third-order valence-electron chi connectivity index (χ3n) is 7.63. The second-order valence-electron chi connectivity index (χ2n) is 10.3. The highest BCUT2D eigenvalue weighted by atomic mass is 32.2. The minimum absolute atomic E-state index is 0.0340. The molecule has 0 radical (unpaired) electrons. The van der Waals surface area contributed by atoms with Gasteiger partial charge in [0.2, 0.25) is 0 Å². The van der Waals surface area contributed by atoms with Crippen molar-refractivity contribution >= 4 is 16.9 Å². The Morgan fingerprint density at radius 3 is 1.59 bits per heavy atom. The van der Waals surface area contributed by atoms with Crippen molar-refractivity contribution < 1.29 is 27.8 Å². The summed E-state index contributed by atoms with van der Waals surface area (Å²) in [6.45, 7) is 1.07. The number of halogens is 3. The lowest BCUT2D eigenvalue weighted by molar-refractivity contribution is -0.374. The number of esters is 1. The Morgan fingerprint density at radius 2 is 1.19 bits per heavy atom. The van der Waals surface area contributed by atoms with Gasteiger partial charge in [-0.25, -0.2) is 13.2 Å². The van der Waals surface area contributed by atoms with Crippen molar-refractivity contribution in [3.05, 3.63) is 90.7 Å². The van der Waals surface area contributed by atoms with Gasteiger partial charge < -0.3 is 9.84 Å². The van der Waals surface area contributed by atoms with Crippen LogP contribution in [0.25, 0.3) is 0 Å². The van der Waals surface area contributed by atoms with Crippen LogP contribution in [0.2, 0.25) is 0 Å². The molecule has 4 bridgehead atoms. The highest BCUT2D eigenvalue weighted by Gasteiger charge is 2.76. The minimum atomic E-state index is -2.58. The van der Waals surface area contributed by atoms with Crippen LogP contribution in [-0.4, -0.2) is 28.2 Å². The lowest BCUT2D eigenvalue weighted by Crippen LogP contribution is -2.75. The second kappa shape index (κ2) is 9.84. The second-order valence-corrected chi connectivity index (χ2v) is 12.4. The largest absolute Gasteiger partial charge is 0.426 e. The standard InChI is InChI=1S/C18H14FS.C12H16F2O3/c19-15-11-13-18(14-12-15)20(16-7-3-1-4-8-16)17-9-5-2-6-10-17;1-7(15)17-12(16)10(13)3-8-2-9(5-10)6-11(12,14)4-8/h1-14H;8-9,16H,2-6H2,1H3/q+1;. The van der Waals surface area contributed by atoms with E-state index in [4.69, 9.17) is 0 Å². The zero-order chi connectivity index (χ0) is 26.3. The van der Waals surface area contributed by atoms with Crippen molar-refractivity contribution in [1.82, 2.24) is 0 Å². The molecule has 0 atom stereocenters. The summed E-state index contributed by atoms with van der Waals surface area (Å²) < 4.78 is 47.4. The van der Waals surface area contributed by atoms with E-state index >= 15 is 0 Å². The molecule has 7 heteroatoms. The van der Waals surface area contributed by atoms with Gasteiger partial charge in [0.1, 0.15) is 5.82 Å². The van der Waals surface area contributed by atoms with Crippen LogP contribution in [0, 0.1) is 17.7 Å². The van der Waals surface area contributed by atoms with Crippen molar-refractivity contribution in [2.24, 2.45) is 11.8 Å². The fourth-order valence-electron chi connectivity index (χ4n) is 6.38. The van der Waals surface area contributed by atoms with Crippen LogP contribution >= 0.6 is 0 Å². The molecule has 37 heavy (non-hydrogen) atoms. The van der Waals surface area contributed by atoms with Crippen molar-refractivity contribution in [1.29, 1.82) is 0 Å². The van der Waals surface area contributed by atoms with Gasteiger partial charge in [0.05, 0.1) is 10.9 Å². The Morgan fingerprint density at radius 1 is 0.784 bits per heavy atom. The van der Waals surface area contributed by atoms with E-state index in [9.17, 15) is 23.1 Å². The van der Waals surface area contributed by atoms with E-state index in [-0.39, 0.29) is 54.2 Å². The van der Waals surface area contributed by atoms with E-state index in [2.05, 4.69) is 29.0 Å². The molecule has 4 saturated carbocycles. The van der Waals surface area contributed by atoms with Crippen molar-refractivity contribution in [2.45, 2.75) is 70.8 Å². The average molecular weight is 528 g/mol. The third kappa shape index (κ3) is 4.79. The van der Waals surface area contributed by atoms with Gasteiger partial charge in [-0.15, -0.1) is 0 Å². The summed E-state index contributed by atoms with van der Waals surface area (Å²) in [6.07, 6.45) is 1.21. The maximum Gasteiger partial charge on any atom is 0.305 e. The summed E-state index contributed by atoms with van der Waals surface area (Å²) in [4.78, 5) is 14.6. The normalized spacial score (nSPS) is 31.5. The van der Waals surface area contributed by atoms with Crippen molar-refractivity contribution in [3.8, 4) is 0 Å². The molecular weight excluding hydrogens is 497 g/mol. The van der Waals surface area contributed by atoms with E-state index in [0.29, 0.717) is 0 Å². The SMILES string of the molecule is CC(=O)OC1(O)C2(F)CC3CC(C2)CC1(F)C3.Fc1ccc([S+](c2ccccc2)c2ccccc2)cc1. The Hall–Kier alpha value is -2.77. The molecule has 0 unspecified atom stereocenters. The first-order valence-electron chi connectivity index (χ1n) is 12.5. The van der Waals surface area contributed by atoms with Gasteiger partial charge >= 0.3 is 5.97 Å². The minimum Gasteiger partial charge on any atom is -0.426 e. The molecule has 4 fully saturated rings. The average Bonchev–Trinajstić information content (AvgIpc) is 2.85. The van der Waals surface area contributed by atoms with Gasteiger partial charge in [0, 0.05) is 6.92 Å². The molecule has 0 saturated heterocycles. The Kier molecular flexibility index (Phi) is 6.88. The predicted octanol–water partition coefficient (Wildman–Crippen LogP) is 6.80. The van der Waals surface area contributed by atoms with Gasteiger partial charge in [-0.1, -0.05) is 36.4 Å². The Balaban J connectivity index is 0.000000153. The van der Waals surface area contributed by atoms with Gasteiger partial charge in [-0.2, -0.15) is 0 Å². The first kappa shape index (κ1) is 25.9. The monoisotopic (exact) mass is 527 g/mol. The number of alkyl halides is 2. The van der Waals surface area contributed by atoms with Gasteiger partial charge in [0.25, 0.3) is 5.79 Å². The summed E-state index contributed by atoms with van der Waals surface area (Å²) in [5.74, 6) is -3.69. The van der Waals surface area contributed by atoms with Crippen LogP contribution in [0.3, 0.4) is 0 Å². The fraction of sp³-hybridized carbons (Fsp3) is 0.367. The third-order valence-corrected chi connectivity index (χ3v) is 9.86. The summed E-state index contributed by atoms with van der Waals surface area (Å²) in [5.41, 5.74) is -4.23. The lowest BCUT2D eigenvalue weighted by atomic mass is 9.50. The molecule has 0 aliphatic heterocycles.